The molecular weight excluding hydrogens is 350 g/mol. The van der Waals surface area contributed by atoms with Crippen molar-refractivity contribution in [3.8, 4) is 0 Å². The molecule has 1 nitrogen and oxygen atoms in total. The standard InChI is InChI=1S/C28H49N/c1-8-9-10-21-11-12-24-26-19(4)15-22-17-23(29-18(2)3)13-14-27(22,6)25(26)16-20(5)28(21,24)7/h18-19,21-26,29H,5,8-17H2,1-4,6-7H3. The Morgan fingerprint density at radius 1 is 1.10 bits per heavy atom. The van der Waals surface area contributed by atoms with E-state index in [1.165, 1.54) is 64.2 Å². The molecule has 9 unspecified atom stereocenters. The van der Waals surface area contributed by atoms with Crippen LogP contribution in [0.3, 0.4) is 0 Å². The summed E-state index contributed by atoms with van der Waals surface area (Å²) >= 11 is 0. The third-order valence-corrected chi connectivity index (χ3v) is 10.8. The number of hydrogen-bond donors (Lipinski definition) is 1. The molecule has 0 aliphatic heterocycles. The van der Waals surface area contributed by atoms with E-state index in [0.29, 0.717) is 16.9 Å². The number of nitrogens with one attached hydrogen (secondary N) is 1. The molecule has 0 aromatic carbocycles. The van der Waals surface area contributed by atoms with Crippen LogP contribution >= 0.6 is 0 Å². The first-order valence-corrected chi connectivity index (χ1v) is 13.2. The first-order valence-electron chi connectivity index (χ1n) is 13.2. The summed E-state index contributed by atoms with van der Waals surface area (Å²) in [4.78, 5) is 0. The number of hydrogen-bond acceptors (Lipinski definition) is 1. The normalized spacial score (nSPS) is 49.6. The van der Waals surface area contributed by atoms with Crippen LogP contribution in [0.4, 0.5) is 0 Å². The molecule has 0 bridgehead atoms. The summed E-state index contributed by atoms with van der Waals surface area (Å²) < 4.78 is 0. The summed E-state index contributed by atoms with van der Waals surface area (Å²) in [6, 6.07) is 1.37. The third-order valence-electron chi connectivity index (χ3n) is 10.8. The van der Waals surface area contributed by atoms with Crippen molar-refractivity contribution in [3.05, 3.63) is 12.2 Å². The van der Waals surface area contributed by atoms with Crippen LogP contribution in [-0.2, 0) is 0 Å². The van der Waals surface area contributed by atoms with E-state index < -0.39 is 0 Å². The molecular formula is C28H49N. The molecule has 0 aromatic rings. The van der Waals surface area contributed by atoms with Crippen LogP contribution in [0, 0.1) is 46.3 Å². The highest BCUT2D eigenvalue weighted by Crippen LogP contribution is 2.70. The zero-order chi connectivity index (χ0) is 21.0. The Hall–Kier alpha value is -0.300. The molecule has 1 heteroatoms. The van der Waals surface area contributed by atoms with Crippen molar-refractivity contribution in [1.29, 1.82) is 0 Å². The minimum absolute atomic E-state index is 0.435. The summed E-state index contributed by atoms with van der Waals surface area (Å²) in [6.07, 6.45) is 14.2. The Labute approximate surface area is 181 Å². The fourth-order valence-corrected chi connectivity index (χ4v) is 9.19. The molecule has 4 rings (SSSR count). The fraction of sp³-hybridized carbons (Fsp3) is 0.929. The maximum Gasteiger partial charge on any atom is 0.00724 e. The summed E-state index contributed by atoms with van der Waals surface area (Å²) in [5.41, 5.74) is 2.64. The second kappa shape index (κ2) is 7.99. The average molecular weight is 400 g/mol. The van der Waals surface area contributed by atoms with E-state index >= 15 is 0 Å². The van der Waals surface area contributed by atoms with Crippen molar-refractivity contribution < 1.29 is 0 Å². The average Bonchev–Trinajstić information content (AvgIpc) is 2.99. The number of rotatable bonds is 5. The van der Waals surface area contributed by atoms with Crippen molar-refractivity contribution in [2.45, 2.75) is 118 Å². The van der Waals surface area contributed by atoms with E-state index in [9.17, 15) is 0 Å². The van der Waals surface area contributed by atoms with Gasteiger partial charge in [0.1, 0.15) is 0 Å². The highest BCUT2D eigenvalue weighted by molar-refractivity contribution is 5.25. The van der Waals surface area contributed by atoms with Crippen LogP contribution in [0.5, 0.6) is 0 Å². The van der Waals surface area contributed by atoms with Gasteiger partial charge in [0.05, 0.1) is 0 Å². The van der Waals surface area contributed by atoms with Gasteiger partial charge >= 0.3 is 0 Å². The van der Waals surface area contributed by atoms with Crippen LogP contribution in [0.2, 0.25) is 0 Å². The molecule has 9 atom stereocenters. The van der Waals surface area contributed by atoms with Gasteiger partial charge in [0.25, 0.3) is 0 Å². The zero-order valence-electron chi connectivity index (χ0n) is 20.4. The molecule has 0 heterocycles. The summed E-state index contributed by atoms with van der Waals surface area (Å²) in [6.45, 7) is 19.8. The molecule has 0 aromatic heterocycles. The molecule has 4 aliphatic carbocycles. The Morgan fingerprint density at radius 3 is 2.55 bits per heavy atom. The Kier molecular flexibility index (Phi) is 6.04. The van der Waals surface area contributed by atoms with Crippen molar-refractivity contribution in [1.82, 2.24) is 5.32 Å². The van der Waals surface area contributed by atoms with Gasteiger partial charge in [-0.1, -0.05) is 66.5 Å². The molecule has 0 radical (unpaired) electrons. The summed E-state index contributed by atoms with van der Waals surface area (Å²) in [5.74, 6) is 5.48. The van der Waals surface area contributed by atoms with Crippen LogP contribution in [0.25, 0.3) is 0 Å². The van der Waals surface area contributed by atoms with E-state index in [-0.39, 0.29) is 0 Å². The predicted octanol–water partition coefficient (Wildman–Crippen LogP) is 7.61. The second-order valence-electron chi connectivity index (χ2n) is 12.5. The predicted molar refractivity (Wildman–Crippen MR) is 126 cm³/mol. The van der Waals surface area contributed by atoms with Gasteiger partial charge in [0.15, 0.2) is 0 Å². The summed E-state index contributed by atoms with van der Waals surface area (Å²) in [5, 5.41) is 3.88. The smallest absolute Gasteiger partial charge is 0.00724 e. The molecule has 0 saturated heterocycles. The van der Waals surface area contributed by atoms with Gasteiger partial charge in [-0.3, -0.25) is 0 Å². The van der Waals surface area contributed by atoms with Crippen LogP contribution in [0.15, 0.2) is 12.2 Å². The number of allylic oxidation sites excluding steroid dienone is 1. The van der Waals surface area contributed by atoms with Gasteiger partial charge in [0.2, 0.25) is 0 Å². The van der Waals surface area contributed by atoms with Crippen molar-refractivity contribution in [3.63, 3.8) is 0 Å². The Balaban J connectivity index is 1.58. The quantitative estimate of drug-likeness (QED) is 0.469. The first-order chi connectivity index (χ1) is 13.7. The second-order valence-corrected chi connectivity index (χ2v) is 12.5. The molecule has 4 saturated carbocycles. The van der Waals surface area contributed by atoms with E-state index in [4.69, 9.17) is 6.58 Å². The summed E-state index contributed by atoms with van der Waals surface area (Å²) in [7, 11) is 0. The van der Waals surface area contributed by atoms with Gasteiger partial charge < -0.3 is 5.32 Å². The van der Waals surface area contributed by atoms with E-state index in [2.05, 4.69) is 46.9 Å². The molecule has 1 N–H and O–H groups in total. The lowest BCUT2D eigenvalue weighted by Gasteiger charge is -2.63. The largest absolute Gasteiger partial charge is 0.312 e. The highest BCUT2D eigenvalue weighted by atomic mass is 14.9. The van der Waals surface area contributed by atoms with Gasteiger partial charge in [-0.05, 0) is 97.7 Å². The Morgan fingerprint density at radius 2 is 1.86 bits per heavy atom. The maximum absolute atomic E-state index is 4.81. The maximum atomic E-state index is 4.81. The minimum Gasteiger partial charge on any atom is -0.312 e. The van der Waals surface area contributed by atoms with Gasteiger partial charge in [-0.2, -0.15) is 0 Å². The molecule has 29 heavy (non-hydrogen) atoms. The van der Waals surface area contributed by atoms with E-state index in [0.717, 1.165) is 41.5 Å². The number of fused-ring (bicyclic) bond motifs is 5. The first kappa shape index (κ1) is 21.9. The van der Waals surface area contributed by atoms with Crippen molar-refractivity contribution in [2.24, 2.45) is 46.3 Å². The van der Waals surface area contributed by atoms with Crippen molar-refractivity contribution >= 4 is 0 Å². The van der Waals surface area contributed by atoms with Gasteiger partial charge in [-0.25, -0.2) is 0 Å². The fourth-order valence-electron chi connectivity index (χ4n) is 9.19. The van der Waals surface area contributed by atoms with E-state index in [1.807, 2.05) is 0 Å². The minimum atomic E-state index is 0.435. The zero-order valence-corrected chi connectivity index (χ0v) is 20.4. The Bertz CT molecular complexity index is 607. The van der Waals surface area contributed by atoms with Gasteiger partial charge in [0, 0.05) is 12.1 Å². The third kappa shape index (κ3) is 3.46. The number of unbranched alkanes of at least 4 members (excludes halogenated alkanes) is 1. The van der Waals surface area contributed by atoms with Crippen LogP contribution in [0.1, 0.15) is 106 Å². The SMILES string of the molecule is C=C1CC2C(C(C)CC3CC(NC(C)C)CCC32C)C2CCC(CCCC)C12C. The topological polar surface area (TPSA) is 12.0 Å². The molecule has 0 spiro atoms. The molecule has 166 valence electrons. The van der Waals surface area contributed by atoms with Crippen molar-refractivity contribution in [2.75, 3.05) is 0 Å². The molecule has 4 fully saturated rings. The lowest BCUT2D eigenvalue weighted by atomic mass is 9.41. The lowest BCUT2D eigenvalue weighted by Crippen LogP contribution is -2.58. The highest BCUT2D eigenvalue weighted by Gasteiger charge is 2.62. The van der Waals surface area contributed by atoms with Crippen LogP contribution in [-0.4, -0.2) is 12.1 Å². The molecule has 0 amide bonds. The van der Waals surface area contributed by atoms with E-state index in [1.54, 1.807) is 5.57 Å². The van der Waals surface area contributed by atoms with Crippen LogP contribution < -0.4 is 5.32 Å². The molecule has 4 aliphatic rings. The lowest BCUT2D eigenvalue weighted by molar-refractivity contribution is -0.119. The monoisotopic (exact) mass is 399 g/mol. The van der Waals surface area contributed by atoms with Gasteiger partial charge in [-0.15, -0.1) is 0 Å².